The summed E-state index contributed by atoms with van der Waals surface area (Å²) in [6, 6.07) is 0. The van der Waals surface area contributed by atoms with E-state index in [2.05, 4.69) is 6.58 Å². The smallest absolute Gasteiger partial charge is 0.0741 e. The number of ether oxygens (including phenoxy) is 1. The Morgan fingerprint density at radius 2 is 2.00 bits per heavy atom. The lowest BCUT2D eigenvalue weighted by Gasteiger charge is -2.11. The highest BCUT2D eigenvalue weighted by Gasteiger charge is 2.02. The average molecular weight is 144 g/mol. The largest absolute Gasteiger partial charge is 0.389 e. The van der Waals surface area contributed by atoms with E-state index in [-0.39, 0.29) is 6.10 Å². The van der Waals surface area contributed by atoms with Crippen molar-refractivity contribution < 1.29 is 9.84 Å². The highest BCUT2D eigenvalue weighted by atomic mass is 16.5. The number of rotatable bonds is 4. The first-order chi connectivity index (χ1) is 4.54. The van der Waals surface area contributed by atoms with Gasteiger partial charge >= 0.3 is 0 Å². The van der Waals surface area contributed by atoms with Gasteiger partial charge in [-0.1, -0.05) is 6.58 Å². The third-order valence-corrected chi connectivity index (χ3v) is 1.19. The average Bonchev–Trinajstić information content (AvgIpc) is 1.82. The zero-order valence-electron chi connectivity index (χ0n) is 6.92. The van der Waals surface area contributed by atoms with Gasteiger partial charge in [0.2, 0.25) is 0 Å². The Kier molecular flexibility index (Phi) is 4.32. The van der Waals surface area contributed by atoms with E-state index in [9.17, 15) is 0 Å². The first-order valence-corrected chi connectivity index (χ1v) is 3.51. The molecule has 1 unspecified atom stereocenters. The second kappa shape index (κ2) is 4.47. The van der Waals surface area contributed by atoms with E-state index in [1.807, 2.05) is 13.8 Å². The van der Waals surface area contributed by atoms with Crippen LogP contribution in [-0.2, 0) is 4.74 Å². The van der Waals surface area contributed by atoms with E-state index in [1.54, 1.807) is 6.92 Å². The van der Waals surface area contributed by atoms with Crippen molar-refractivity contribution in [2.75, 3.05) is 6.61 Å². The Hall–Kier alpha value is -0.340. The molecule has 0 aliphatic rings. The van der Waals surface area contributed by atoms with Crippen molar-refractivity contribution in [2.24, 2.45) is 0 Å². The van der Waals surface area contributed by atoms with Gasteiger partial charge in [0.15, 0.2) is 0 Å². The number of aliphatic hydroxyl groups excluding tert-OH is 1. The summed E-state index contributed by atoms with van der Waals surface area (Å²) in [7, 11) is 0. The van der Waals surface area contributed by atoms with Crippen LogP contribution < -0.4 is 0 Å². The van der Waals surface area contributed by atoms with Gasteiger partial charge in [-0.2, -0.15) is 0 Å². The summed E-state index contributed by atoms with van der Waals surface area (Å²) in [5.74, 6) is 0. The third-order valence-electron chi connectivity index (χ3n) is 1.19. The number of hydrogen-bond donors (Lipinski definition) is 1. The minimum atomic E-state index is -0.459. The van der Waals surface area contributed by atoms with Crippen molar-refractivity contribution in [2.45, 2.75) is 33.0 Å². The minimum Gasteiger partial charge on any atom is -0.389 e. The Morgan fingerprint density at radius 3 is 2.30 bits per heavy atom. The number of hydrogen-bond acceptors (Lipinski definition) is 2. The number of aliphatic hydroxyl groups is 1. The van der Waals surface area contributed by atoms with Gasteiger partial charge in [0.1, 0.15) is 0 Å². The van der Waals surface area contributed by atoms with Crippen molar-refractivity contribution in [3.8, 4) is 0 Å². The molecule has 0 radical (unpaired) electrons. The lowest BCUT2D eigenvalue weighted by molar-refractivity contribution is 0.0838. The van der Waals surface area contributed by atoms with Crippen LogP contribution in [-0.4, -0.2) is 23.9 Å². The lowest BCUT2D eigenvalue weighted by atomic mass is 10.2. The molecule has 0 aromatic rings. The molecule has 2 nitrogen and oxygen atoms in total. The predicted molar refractivity (Wildman–Crippen MR) is 41.9 cm³/mol. The maximum Gasteiger partial charge on any atom is 0.0741 e. The molecular weight excluding hydrogens is 128 g/mol. The molecule has 0 aromatic carbocycles. The molecule has 0 saturated heterocycles. The van der Waals surface area contributed by atoms with Gasteiger partial charge in [-0.3, -0.25) is 0 Å². The van der Waals surface area contributed by atoms with Crippen molar-refractivity contribution in [1.82, 2.24) is 0 Å². The Morgan fingerprint density at radius 1 is 1.50 bits per heavy atom. The van der Waals surface area contributed by atoms with Gasteiger partial charge in [0.25, 0.3) is 0 Å². The molecule has 0 spiro atoms. The van der Waals surface area contributed by atoms with Crippen molar-refractivity contribution in [3.05, 3.63) is 12.2 Å². The van der Waals surface area contributed by atoms with Gasteiger partial charge in [-0.05, 0) is 26.3 Å². The summed E-state index contributed by atoms with van der Waals surface area (Å²) in [6.07, 6.45) is -0.255. The molecule has 0 amide bonds. The summed E-state index contributed by atoms with van der Waals surface area (Å²) < 4.78 is 5.21. The summed E-state index contributed by atoms with van der Waals surface area (Å²) in [4.78, 5) is 0. The lowest BCUT2D eigenvalue weighted by Crippen LogP contribution is -2.12. The summed E-state index contributed by atoms with van der Waals surface area (Å²) in [5, 5.41) is 8.95. The van der Waals surface area contributed by atoms with Gasteiger partial charge in [-0.15, -0.1) is 0 Å². The normalized spacial score (nSPS) is 13.7. The Bertz CT molecular complexity index is 106. The Balaban J connectivity index is 3.40. The molecule has 0 fully saturated rings. The highest BCUT2D eigenvalue weighted by molar-refractivity contribution is 4.99. The van der Waals surface area contributed by atoms with Crippen LogP contribution in [0.1, 0.15) is 20.8 Å². The molecule has 0 saturated carbocycles. The molecule has 0 aliphatic heterocycles. The third kappa shape index (κ3) is 4.53. The fourth-order valence-corrected chi connectivity index (χ4v) is 0.394. The Labute approximate surface area is 62.5 Å². The summed E-state index contributed by atoms with van der Waals surface area (Å²) in [5.41, 5.74) is 0.730. The van der Waals surface area contributed by atoms with Crippen LogP contribution in [0.4, 0.5) is 0 Å². The molecule has 0 aliphatic carbocycles. The standard InChI is InChI=1S/C8H16O2/c1-6(2)10-5-7(3)8(4)9/h6,8-9H,3,5H2,1-2,4H3. The molecule has 10 heavy (non-hydrogen) atoms. The molecule has 1 N–H and O–H groups in total. The van der Waals surface area contributed by atoms with E-state index in [0.717, 1.165) is 5.57 Å². The van der Waals surface area contributed by atoms with E-state index in [1.165, 1.54) is 0 Å². The van der Waals surface area contributed by atoms with Crippen LogP contribution in [0.3, 0.4) is 0 Å². The first kappa shape index (κ1) is 9.66. The SMILES string of the molecule is C=C(COC(C)C)C(C)O. The zero-order valence-corrected chi connectivity index (χ0v) is 6.92. The van der Waals surface area contributed by atoms with Crippen LogP contribution in [0.5, 0.6) is 0 Å². The second-order valence-electron chi connectivity index (χ2n) is 2.69. The van der Waals surface area contributed by atoms with Crippen molar-refractivity contribution in [3.63, 3.8) is 0 Å². The van der Waals surface area contributed by atoms with Gasteiger partial charge in [0, 0.05) is 0 Å². The monoisotopic (exact) mass is 144 g/mol. The zero-order chi connectivity index (χ0) is 8.15. The summed E-state index contributed by atoms with van der Waals surface area (Å²) >= 11 is 0. The molecule has 1 atom stereocenters. The van der Waals surface area contributed by atoms with Crippen LogP contribution in [0.15, 0.2) is 12.2 Å². The van der Waals surface area contributed by atoms with Gasteiger partial charge in [-0.25, -0.2) is 0 Å². The molecule has 0 heterocycles. The van der Waals surface area contributed by atoms with Crippen molar-refractivity contribution in [1.29, 1.82) is 0 Å². The van der Waals surface area contributed by atoms with Crippen LogP contribution >= 0.6 is 0 Å². The van der Waals surface area contributed by atoms with Crippen LogP contribution in [0, 0.1) is 0 Å². The molecular formula is C8H16O2. The van der Waals surface area contributed by atoms with Gasteiger partial charge < -0.3 is 9.84 Å². The topological polar surface area (TPSA) is 29.5 Å². The van der Waals surface area contributed by atoms with E-state index in [4.69, 9.17) is 9.84 Å². The van der Waals surface area contributed by atoms with E-state index >= 15 is 0 Å². The maximum atomic E-state index is 8.95. The molecule has 0 aromatic heterocycles. The highest BCUT2D eigenvalue weighted by Crippen LogP contribution is 2.00. The first-order valence-electron chi connectivity index (χ1n) is 3.51. The van der Waals surface area contributed by atoms with Crippen molar-refractivity contribution >= 4 is 0 Å². The second-order valence-corrected chi connectivity index (χ2v) is 2.69. The maximum absolute atomic E-state index is 8.95. The molecule has 60 valence electrons. The predicted octanol–water partition coefficient (Wildman–Crippen LogP) is 1.35. The van der Waals surface area contributed by atoms with Gasteiger partial charge in [0.05, 0.1) is 18.8 Å². The van der Waals surface area contributed by atoms with E-state index < -0.39 is 6.10 Å². The fraction of sp³-hybridized carbons (Fsp3) is 0.750. The molecule has 2 heteroatoms. The van der Waals surface area contributed by atoms with Crippen LogP contribution in [0.25, 0.3) is 0 Å². The molecule has 0 rings (SSSR count). The summed E-state index contributed by atoms with van der Waals surface area (Å²) in [6.45, 7) is 9.70. The molecule has 0 bridgehead atoms. The minimum absolute atomic E-state index is 0.204. The fourth-order valence-electron chi connectivity index (χ4n) is 0.394. The quantitative estimate of drug-likeness (QED) is 0.603. The van der Waals surface area contributed by atoms with E-state index in [0.29, 0.717) is 6.61 Å². The van der Waals surface area contributed by atoms with Crippen LogP contribution in [0.2, 0.25) is 0 Å².